The van der Waals surface area contributed by atoms with Gasteiger partial charge in [-0.15, -0.1) is 0 Å². The molecule has 2 fully saturated rings. The summed E-state index contributed by atoms with van der Waals surface area (Å²) in [5.74, 6) is 0.792. The minimum Gasteiger partial charge on any atom is -0.354 e. The van der Waals surface area contributed by atoms with Crippen LogP contribution in [0.1, 0.15) is 55.3 Å². The predicted octanol–water partition coefficient (Wildman–Crippen LogP) is 2.50. The summed E-state index contributed by atoms with van der Waals surface area (Å²) in [5.41, 5.74) is 2.33. The van der Waals surface area contributed by atoms with E-state index in [1.54, 1.807) is 6.20 Å². The van der Waals surface area contributed by atoms with Crippen LogP contribution in [0.5, 0.6) is 0 Å². The van der Waals surface area contributed by atoms with Crippen molar-refractivity contribution >= 4 is 5.91 Å². The van der Waals surface area contributed by atoms with E-state index in [0.717, 1.165) is 44.5 Å². The molecule has 2 aromatic rings. The molecule has 0 bridgehead atoms. The Labute approximate surface area is 154 Å². The molecule has 1 aliphatic carbocycles. The van der Waals surface area contributed by atoms with Gasteiger partial charge in [0.1, 0.15) is 6.04 Å². The Kier molecular flexibility index (Phi) is 5.29. The Balaban J connectivity index is 1.32. The zero-order valence-electron chi connectivity index (χ0n) is 15.2. The molecule has 6 heteroatoms. The molecule has 1 saturated carbocycles. The Hall–Kier alpha value is -2.21. The van der Waals surface area contributed by atoms with Crippen LogP contribution in [0.25, 0.3) is 0 Å². The standard InChI is InChI=1S/C20H27N5O/c26-20(19(24-12-1-2-13-24)17-5-3-9-21-15-17)22-10-4-14-25-18(8-11-23-25)16-6-7-16/h3,5,8-9,11,15-16,19H,1-2,4,6-7,10,12-14H2,(H,22,26)/t19-/m0/s1. The van der Waals surface area contributed by atoms with Gasteiger partial charge in [-0.25, -0.2) is 0 Å². The van der Waals surface area contributed by atoms with Crippen molar-refractivity contribution in [2.45, 2.75) is 50.6 Å². The van der Waals surface area contributed by atoms with Crippen molar-refractivity contribution in [1.29, 1.82) is 0 Å². The van der Waals surface area contributed by atoms with Gasteiger partial charge in [0.05, 0.1) is 0 Å². The molecule has 4 rings (SSSR count). The second-order valence-corrected chi connectivity index (χ2v) is 7.33. The molecule has 1 atom stereocenters. The quantitative estimate of drug-likeness (QED) is 0.741. The van der Waals surface area contributed by atoms with E-state index in [-0.39, 0.29) is 11.9 Å². The van der Waals surface area contributed by atoms with Crippen molar-refractivity contribution in [2.75, 3.05) is 19.6 Å². The van der Waals surface area contributed by atoms with Gasteiger partial charge in [-0.2, -0.15) is 5.10 Å². The average molecular weight is 353 g/mol. The van der Waals surface area contributed by atoms with Crippen molar-refractivity contribution in [3.05, 3.63) is 48.0 Å². The molecule has 2 aromatic heterocycles. The minimum absolute atomic E-state index is 0.0859. The van der Waals surface area contributed by atoms with Crippen molar-refractivity contribution in [1.82, 2.24) is 25.0 Å². The lowest BCUT2D eigenvalue weighted by Gasteiger charge is -2.26. The van der Waals surface area contributed by atoms with Crippen molar-refractivity contribution in [3.63, 3.8) is 0 Å². The minimum atomic E-state index is -0.224. The van der Waals surface area contributed by atoms with E-state index in [1.807, 2.05) is 24.5 Å². The van der Waals surface area contributed by atoms with Crippen LogP contribution in [-0.2, 0) is 11.3 Å². The molecule has 26 heavy (non-hydrogen) atoms. The molecule has 0 aromatic carbocycles. The SMILES string of the molecule is O=C(NCCCn1nccc1C1CC1)[C@H](c1cccnc1)N1CCCC1. The van der Waals surface area contributed by atoms with Gasteiger partial charge in [0.15, 0.2) is 0 Å². The number of likely N-dealkylation sites (tertiary alicyclic amines) is 1. The third kappa shape index (κ3) is 3.96. The van der Waals surface area contributed by atoms with Crippen LogP contribution in [-0.4, -0.2) is 45.2 Å². The van der Waals surface area contributed by atoms with E-state index >= 15 is 0 Å². The van der Waals surface area contributed by atoms with Gasteiger partial charge < -0.3 is 5.32 Å². The fourth-order valence-electron chi connectivity index (χ4n) is 3.86. The zero-order chi connectivity index (χ0) is 17.8. The summed E-state index contributed by atoms with van der Waals surface area (Å²) in [6, 6.07) is 5.81. The van der Waals surface area contributed by atoms with Crippen molar-refractivity contribution in [2.24, 2.45) is 0 Å². The maximum absolute atomic E-state index is 12.9. The second-order valence-electron chi connectivity index (χ2n) is 7.33. The van der Waals surface area contributed by atoms with E-state index in [1.165, 1.54) is 18.5 Å². The van der Waals surface area contributed by atoms with E-state index in [0.29, 0.717) is 12.5 Å². The molecular formula is C20H27N5O. The van der Waals surface area contributed by atoms with Gasteiger partial charge in [0.2, 0.25) is 5.91 Å². The zero-order valence-corrected chi connectivity index (χ0v) is 15.2. The van der Waals surface area contributed by atoms with E-state index in [4.69, 9.17) is 0 Å². The van der Waals surface area contributed by atoms with E-state index in [9.17, 15) is 4.79 Å². The Morgan fingerprint density at radius 3 is 2.81 bits per heavy atom. The van der Waals surface area contributed by atoms with Gasteiger partial charge in [-0.1, -0.05) is 6.07 Å². The molecule has 1 aliphatic heterocycles. The fraction of sp³-hybridized carbons (Fsp3) is 0.550. The lowest BCUT2D eigenvalue weighted by molar-refractivity contribution is -0.126. The monoisotopic (exact) mass is 353 g/mol. The van der Waals surface area contributed by atoms with Gasteiger partial charge in [0, 0.05) is 43.3 Å². The fourth-order valence-corrected chi connectivity index (χ4v) is 3.86. The third-order valence-electron chi connectivity index (χ3n) is 5.35. The van der Waals surface area contributed by atoms with Crippen LogP contribution >= 0.6 is 0 Å². The number of nitrogens with one attached hydrogen (secondary N) is 1. The van der Waals surface area contributed by atoms with Gasteiger partial charge in [0.25, 0.3) is 0 Å². The number of carbonyl (C=O) groups is 1. The lowest BCUT2D eigenvalue weighted by Crippen LogP contribution is -2.40. The van der Waals surface area contributed by atoms with Gasteiger partial charge in [-0.05, 0) is 62.9 Å². The first kappa shape index (κ1) is 17.2. The topological polar surface area (TPSA) is 63.1 Å². The maximum Gasteiger partial charge on any atom is 0.242 e. The summed E-state index contributed by atoms with van der Waals surface area (Å²) in [6.45, 7) is 3.49. The number of aryl methyl sites for hydroxylation is 1. The first-order valence-corrected chi connectivity index (χ1v) is 9.76. The molecule has 1 saturated heterocycles. The summed E-state index contributed by atoms with van der Waals surface area (Å²) in [6.07, 6.45) is 11.2. The second kappa shape index (κ2) is 7.99. The van der Waals surface area contributed by atoms with Crippen molar-refractivity contribution in [3.8, 4) is 0 Å². The first-order chi connectivity index (χ1) is 12.8. The third-order valence-corrected chi connectivity index (χ3v) is 5.35. The number of nitrogens with zero attached hydrogens (tertiary/aromatic N) is 4. The normalized spacial score (nSPS) is 18.8. The molecule has 6 nitrogen and oxygen atoms in total. The highest BCUT2D eigenvalue weighted by molar-refractivity contribution is 5.83. The molecule has 0 unspecified atom stereocenters. The number of pyridine rings is 1. The predicted molar refractivity (Wildman–Crippen MR) is 99.6 cm³/mol. The number of amides is 1. The first-order valence-electron chi connectivity index (χ1n) is 9.76. The Morgan fingerprint density at radius 2 is 2.08 bits per heavy atom. The Morgan fingerprint density at radius 1 is 1.23 bits per heavy atom. The van der Waals surface area contributed by atoms with Crippen LogP contribution in [0.3, 0.4) is 0 Å². The number of aromatic nitrogens is 3. The highest BCUT2D eigenvalue weighted by atomic mass is 16.2. The van der Waals surface area contributed by atoms with Crippen LogP contribution in [0, 0.1) is 0 Å². The molecule has 1 amide bonds. The number of hydrogen-bond acceptors (Lipinski definition) is 4. The molecule has 3 heterocycles. The summed E-state index contributed by atoms with van der Waals surface area (Å²) in [7, 11) is 0. The molecular weight excluding hydrogens is 326 g/mol. The van der Waals surface area contributed by atoms with Crippen LogP contribution < -0.4 is 5.32 Å². The van der Waals surface area contributed by atoms with Crippen LogP contribution in [0.4, 0.5) is 0 Å². The summed E-state index contributed by atoms with van der Waals surface area (Å²) >= 11 is 0. The highest BCUT2D eigenvalue weighted by Gasteiger charge is 2.30. The largest absolute Gasteiger partial charge is 0.354 e. The highest BCUT2D eigenvalue weighted by Crippen LogP contribution is 2.39. The molecule has 138 valence electrons. The Bertz CT molecular complexity index is 719. The number of rotatable bonds is 8. The molecule has 0 radical (unpaired) electrons. The summed E-state index contributed by atoms with van der Waals surface area (Å²) in [5, 5.41) is 7.56. The molecule has 1 N–H and O–H groups in total. The lowest BCUT2D eigenvalue weighted by atomic mass is 10.1. The van der Waals surface area contributed by atoms with E-state index in [2.05, 4.69) is 31.0 Å². The van der Waals surface area contributed by atoms with Crippen LogP contribution in [0.15, 0.2) is 36.8 Å². The molecule has 2 aliphatic rings. The smallest absolute Gasteiger partial charge is 0.242 e. The van der Waals surface area contributed by atoms with Gasteiger partial charge in [-0.3, -0.25) is 19.4 Å². The number of hydrogen-bond donors (Lipinski definition) is 1. The van der Waals surface area contributed by atoms with Crippen molar-refractivity contribution < 1.29 is 4.79 Å². The summed E-state index contributed by atoms with van der Waals surface area (Å²) < 4.78 is 2.10. The van der Waals surface area contributed by atoms with Crippen LogP contribution in [0.2, 0.25) is 0 Å². The number of carbonyl (C=O) groups excluding carboxylic acids is 1. The van der Waals surface area contributed by atoms with E-state index < -0.39 is 0 Å². The maximum atomic E-state index is 12.9. The molecule has 0 spiro atoms. The average Bonchev–Trinajstić information content (AvgIpc) is 3.17. The summed E-state index contributed by atoms with van der Waals surface area (Å²) in [4.78, 5) is 19.3. The van der Waals surface area contributed by atoms with Gasteiger partial charge >= 0.3 is 0 Å².